The number of piperazine rings is 1. The molecule has 0 saturated carbocycles. The summed E-state index contributed by atoms with van der Waals surface area (Å²) in [6.07, 6.45) is -10.2. The zero-order valence-corrected chi connectivity index (χ0v) is 16.0. The van der Waals surface area contributed by atoms with Crippen LogP contribution in [-0.4, -0.2) is 63.4 Å². The second kappa shape index (κ2) is 8.48. The minimum atomic E-state index is -5.15. The van der Waals surface area contributed by atoms with Crippen molar-refractivity contribution in [3.05, 3.63) is 29.3 Å². The number of carbonyl (C=O) groups excluding carboxylic acids is 1. The predicted octanol–water partition coefficient (Wildman–Crippen LogP) is 2.59. The van der Waals surface area contributed by atoms with Gasteiger partial charge in [-0.15, -0.1) is 0 Å². The Balaban J connectivity index is 2.29. The quantitative estimate of drug-likeness (QED) is 0.650. The zero-order valence-electron chi connectivity index (χ0n) is 15.2. The number of halogens is 6. The van der Waals surface area contributed by atoms with Crippen molar-refractivity contribution < 1.29 is 44.3 Å². The molecule has 1 saturated heterocycles. The molecule has 0 atom stereocenters. The van der Waals surface area contributed by atoms with Gasteiger partial charge in [0.05, 0.1) is 29.1 Å². The molecule has 13 heteroatoms. The van der Waals surface area contributed by atoms with Crippen molar-refractivity contribution >= 4 is 15.9 Å². The van der Waals surface area contributed by atoms with E-state index in [0.717, 1.165) is 4.31 Å². The van der Waals surface area contributed by atoms with Gasteiger partial charge in [0.1, 0.15) is 0 Å². The summed E-state index contributed by atoms with van der Waals surface area (Å²) >= 11 is 0. The molecule has 1 aliphatic rings. The van der Waals surface area contributed by atoms with E-state index in [9.17, 15) is 39.6 Å². The Hall–Kier alpha value is -1.86. The topological polar surface area (TPSA) is 66.9 Å². The van der Waals surface area contributed by atoms with E-state index in [1.165, 1.54) is 12.0 Å². The molecule has 29 heavy (non-hydrogen) atoms. The maximum absolute atomic E-state index is 13.0. The summed E-state index contributed by atoms with van der Waals surface area (Å²) in [6, 6.07) is 0.229. The molecule has 0 aliphatic carbocycles. The summed E-state index contributed by atoms with van der Waals surface area (Å²) in [5.41, 5.74) is -3.42. The molecule has 0 N–H and O–H groups in total. The van der Waals surface area contributed by atoms with Crippen LogP contribution in [0.4, 0.5) is 26.3 Å². The van der Waals surface area contributed by atoms with E-state index in [1.54, 1.807) is 0 Å². The highest BCUT2D eigenvalue weighted by molar-refractivity contribution is 7.89. The van der Waals surface area contributed by atoms with Gasteiger partial charge in [0.25, 0.3) is 0 Å². The number of hydrogen-bond donors (Lipinski definition) is 0. The lowest BCUT2D eigenvalue weighted by Crippen LogP contribution is -2.50. The Kier molecular flexibility index (Phi) is 6.85. The van der Waals surface area contributed by atoms with Gasteiger partial charge in [-0.05, 0) is 18.2 Å². The van der Waals surface area contributed by atoms with E-state index in [1.807, 2.05) is 0 Å². The molecule has 0 unspecified atom stereocenters. The van der Waals surface area contributed by atoms with Crippen molar-refractivity contribution in [3.63, 3.8) is 0 Å². The monoisotopic (exact) mass is 448 g/mol. The van der Waals surface area contributed by atoms with E-state index in [2.05, 4.69) is 0 Å². The lowest BCUT2D eigenvalue weighted by atomic mass is 10.1. The van der Waals surface area contributed by atoms with Crippen molar-refractivity contribution in [1.82, 2.24) is 9.21 Å². The lowest BCUT2D eigenvalue weighted by molar-refractivity contribution is -0.143. The fraction of sp³-hybridized carbons (Fsp3) is 0.562. The summed E-state index contributed by atoms with van der Waals surface area (Å²) in [5.74, 6) is -0.290. The number of carbonyl (C=O) groups is 1. The Labute approximate surface area is 163 Å². The average molecular weight is 448 g/mol. The molecule has 1 aliphatic heterocycles. The molecule has 1 fully saturated rings. The van der Waals surface area contributed by atoms with Crippen molar-refractivity contribution in [2.45, 2.75) is 23.7 Å². The average Bonchev–Trinajstić information content (AvgIpc) is 2.64. The van der Waals surface area contributed by atoms with E-state index in [4.69, 9.17) is 4.74 Å². The predicted molar refractivity (Wildman–Crippen MR) is 88.3 cm³/mol. The lowest BCUT2D eigenvalue weighted by Gasteiger charge is -2.34. The second-order valence-electron chi connectivity index (χ2n) is 6.27. The van der Waals surface area contributed by atoms with Crippen LogP contribution in [0.2, 0.25) is 0 Å². The SMILES string of the molecule is COCCC(=O)N1CCN(S(=O)(=O)c2cc(C(F)(F)F)cc(C(F)(F)F)c2)CC1. The first-order valence-electron chi connectivity index (χ1n) is 8.33. The molecule has 1 heterocycles. The summed E-state index contributed by atoms with van der Waals surface area (Å²) in [5, 5.41) is 0. The van der Waals surface area contributed by atoms with Gasteiger partial charge in [0, 0.05) is 33.3 Å². The fourth-order valence-electron chi connectivity index (χ4n) is 2.75. The highest BCUT2D eigenvalue weighted by Gasteiger charge is 2.39. The van der Waals surface area contributed by atoms with Gasteiger partial charge in [-0.3, -0.25) is 4.79 Å². The number of benzene rings is 1. The summed E-state index contributed by atoms with van der Waals surface area (Å²) in [6.45, 7) is -0.404. The number of methoxy groups -OCH3 is 1. The van der Waals surface area contributed by atoms with Crippen LogP contribution in [-0.2, 0) is 31.9 Å². The highest BCUT2D eigenvalue weighted by Crippen LogP contribution is 2.37. The molecule has 0 radical (unpaired) electrons. The number of sulfonamides is 1. The van der Waals surface area contributed by atoms with Crippen LogP contribution >= 0.6 is 0 Å². The molecule has 1 amide bonds. The van der Waals surface area contributed by atoms with Crippen molar-refractivity contribution in [1.29, 1.82) is 0 Å². The van der Waals surface area contributed by atoms with Gasteiger partial charge in [0.2, 0.25) is 15.9 Å². The number of rotatable bonds is 5. The summed E-state index contributed by atoms with van der Waals surface area (Å²) in [7, 11) is -3.22. The Morgan fingerprint density at radius 1 is 0.966 bits per heavy atom. The Bertz CT molecular complexity index is 814. The van der Waals surface area contributed by atoms with Crippen LogP contribution in [0.5, 0.6) is 0 Å². The van der Waals surface area contributed by atoms with Crippen molar-refractivity contribution in [3.8, 4) is 0 Å². The van der Waals surface area contributed by atoms with Gasteiger partial charge < -0.3 is 9.64 Å². The van der Waals surface area contributed by atoms with Gasteiger partial charge >= 0.3 is 12.4 Å². The van der Waals surface area contributed by atoms with E-state index < -0.39 is 38.4 Å². The Morgan fingerprint density at radius 2 is 1.45 bits per heavy atom. The van der Waals surface area contributed by atoms with Crippen LogP contribution in [0.3, 0.4) is 0 Å². The minimum absolute atomic E-state index is 0.0349. The maximum atomic E-state index is 13.0. The zero-order chi connectivity index (χ0) is 22.0. The molecular weight excluding hydrogens is 430 g/mol. The molecule has 0 bridgehead atoms. The minimum Gasteiger partial charge on any atom is -0.384 e. The van der Waals surface area contributed by atoms with Crippen LogP contribution in [0, 0.1) is 0 Å². The Morgan fingerprint density at radius 3 is 1.86 bits per heavy atom. The number of amides is 1. The summed E-state index contributed by atoms with van der Waals surface area (Å²) < 4.78 is 109. The normalized spacial score (nSPS) is 16.9. The first kappa shape index (κ1) is 23.4. The van der Waals surface area contributed by atoms with Crippen LogP contribution in [0.1, 0.15) is 17.5 Å². The van der Waals surface area contributed by atoms with Crippen molar-refractivity contribution in [2.24, 2.45) is 0 Å². The molecule has 0 aromatic heterocycles. The second-order valence-corrected chi connectivity index (χ2v) is 8.21. The molecule has 1 aromatic carbocycles. The number of nitrogens with zero attached hydrogens (tertiary/aromatic N) is 2. The molecule has 2 rings (SSSR count). The van der Waals surface area contributed by atoms with Gasteiger partial charge in [-0.2, -0.15) is 30.6 Å². The van der Waals surface area contributed by atoms with Crippen LogP contribution < -0.4 is 0 Å². The third kappa shape index (κ3) is 5.60. The third-order valence-electron chi connectivity index (χ3n) is 4.31. The first-order chi connectivity index (χ1) is 13.3. The molecular formula is C16H18F6N2O4S. The highest BCUT2D eigenvalue weighted by atomic mass is 32.2. The largest absolute Gasteiger partial charge is 0.416 e. The molecule has 6 nitrogen and oxygen atoms in total. The van der Waals surface area contributed by atoms with Gasteiger partial charge in [-0.25, -0.2) is 8.42 Å². The van der Waals surface area contributed by atoms with E-state index >= 15 is 0 Å². The third-order valence-corrected chi connectivity index (χ3v) is 6.19. The van der Waals surface area contributed by atoms with E-state index in [0.29, 0.717) is 0 Å². The maximum Gasteiger partial charge on any atom is 0.416 e. The number of hydrogen-bond acceptors (Lipinski definition) is 4. The molecule has 1 aromatic rings. The molecule has 164 valence electrons. The van der Waals surface area contributed by atoms with Gasteiger partial charge in [-0.1, -0.05) is 0 Å². The first-order valence-corrected chi connectivity index (χ1v) is 9.77. The smallest absolute Gasteiger partial charge is 0.384 e. The van der Waals surface area contributed by atoms with Crippen molar-refractivity contribution in [2.75, 3.05) is 39.9 Å². The molecule has 0 spiro atoms. The number of ether oxygens (including phenoxy) is 1. The van der Waals surface area contributed by atoms with E-state index in [-0.39, 0.29) is 63.3 Å². The fourth-order valence-corrected chi connectivity index (χ4v) is 4.24. The van der Waals surface area contributed by atoms with Crippen LogP contribution in [0.25, 0.3) is 0 Å². The van der Waals surface area contributed by atoms with Crippen LogP contribution in [0.15, 0.2) is 23.1 Å². The van der Waals surface area contributed by atoms with Gasteiger partial charge in [0.15, 0.2) is 0 Å². The summed E-state index contributed by atoms with van der Waals surface area (Å²) in [4.78, 5) is 12.2. The number of alkyl halides is 6. The standard InChI is InChI=1S/C16H18F6N2O4S/c1-28-7-2-14(25)23-3-5-24(6-4-23)29(26,27)13-9-11(15(17,18)19)8-12(10-13)16(20,21)22/h8-10H,2-7H2,1H3.